The van der Waals surface area contributed by atoms with E-state index in [0.29, 0.717) is 11.3 Å². The number of nitrogens with zero attached hydrogens (tertiary/aromatic N) is 3. The topological polar surface area (TPSA) is 149 Å². The Bertz CT molecular complexity index is 1190. The highest BCUT2D eigenvalue weighted by molar-refractivity contribution is 7.13. The Kier molecular flexibility index (Phi) is 6.72. The van der Waals surface area contributed by atoms with Crippen LogP contribution >= 0.6 is 11.3 Å². The van der Waals surface area contributed by atoms with Crippen LogP contribution in [0.3, 0.4) is 0 Å². The van der Waals surface area contributed by atoms with Gasteiger partial charge in [0.1, 0.15) is 5.69 Å². The number of rotatable bonds is 8. The third kappa shape index (κ3) is 5.11. The zero-order valence-electron chi connectivity index (χ0n) is 16.4. The number of methoxy groups -OCH3 is 1. The van der Waals surface area contributed by atoms with Crippen LogP contribution in [0.1, 0.15) is 23.0 Å². The summed E-state index contributed by atoms with van der Waals surface area (Å²) in [5, 5.41) is 17.0. The van der Waals surface area contributed by atoms with Gasteiger partial charge in [-0.2, -0.15) is 10.1 Å². The summed E-state index contributed by atoms with van der Waals surface area (Å²) in [5.41, 5.74) is 1.90. The molecule has 0 fully saturated rings. The van der Waals surface area contributed by atoms with Gasteiger partial charge >= 0.3 is 11.4 Å². The van der Waals surface area contributed by atoms with Crippen molar-refractivity contribution < 1.29 is 19.2 Å². The number of aromatic nitrogens is 2. The van der Waals surface area contributed by atoms with Crippen LogP contribution in [-0.4, -0.2) is 40.7 Å². The van der Waals surface area contributed by atoms with Crippen molar-refractivity contribution in [2.75, 3.05) is 13.7 Å². The Morgan fingerprint density at radius 1 is 1.42 bits per heavy atom. The number of aromatic amines is 1. The van der Waals surface area contributed by atoms with Crippen LogP contribution in [0, 0.1) is 10.1 Å². The normalized spacial score (nSPS) is 10.8. The minimum absolute atomic E-state index is 0.00463. The molecule has 0 saturated heterocycles. The second-order valence-electron chi connectivity index (χ2n) is 5.92. The first-order valence-electron chi connectivity index (χ1n) is 8.90. The van der Waals surface area contributed by atoms with Crippen molar-refractivity contribution in [1.29, 1.82) is 0 Å². The van der Waals surface area contributed by atoms with Crippen molar-refractivity contribution in [2.24, 2.45) is 5.10 Å². The van der Waals surface area contributed by atoms with Gasteiger partial charge in [0.2, 0.25) is 5.75 Å². The van der Waals surface area contributed by atoms with Gasteiger partial charge in [-0.25, -0.2) is 10.2 Å². The minimum Gasteiger partial charge on any atom is -0.493 e. The first-order chi connectivity index (χ1) is 14.9. The summed E-state index contributed by atoms with van der Waals surface area (Å²) < 4.78 is 10.5. The fourth-order valence-electron chi connectivity index (χ4n) is 2.62. The molecule has 0 spiro atoms. The molecule has 3 rings (SSSR count). The first-order valence-corrected chi connectivity index (χ1v) is 9.78. The molecule has 1 aromatic carbocycles. The van der Waals surface area contributed by atoms with Crippen LogP contribution in [0.15, 0.2) is 45.6 Å². The highest BCUT2D eigenvalue weighted by atomic mass is 32.1. The van der Waals surface area contributed by atoms with Crippen LogP contribution in [0.25, 0.3) is 10.6 Å². The predicted molar refractivity (Wildman–Crippen MR) is 114 cm³/mol. The second kappa shape index (κ2) is 9.63. The second-order valence-corrected chi connectivity index (χ2v) is 6.87. The lowest BCUT2D eigenvalue weighted by atomic mass is 10.2. The van der Waals surface area contributed by atoms with Crippen LogP contribution in [-0.2, 0) is 0 Å². The van der Waals surface area contributed by atoms with Crippen LogP contribution < -0.4 is 20.6 Å². The summed E-state index contributed by atoms with van der Waals surface area (Å²) in [4.78, 5) is 41.9. The van der Waals surface area contributed by atoms with Gasteiger partial charge in [-0.1, -0.05) is 6.07 Å². The van der Waals surface area contributed by atoms with E-state index in [-0.39, 0.29) is 29.5 Å². The van der Waals surface area contributed by atoms with E-state index in [0.717, 1.165) is 4.88 Å². The van der Waals surface area contributed by atoms with Gasteiger partial charge < -0.3 is 14.5 Å². The number of hydrogen-bond donors (Lipinski definition) is 2. The standard InChI is InChI=1S/C19H17N5O6S/c1-3-30-17-14(24(27)28)7-11(8-15(17)29-2)10-20-23-18(25)13-9-12(21-19(26)22-13)16-5-4-6-31-16/h4-10H,3H2,1-2H3,(H,23,25)(H,21,22,26)/b20-10+. The zero-order valence-corrected chi connectivity index (χ0v) is 17.3. The van der Waals surface area contributed by atoms with Gasteiger partial charge in [0, 0.05) is 11.6 Å². The number of thiophene rings is 1. The number of nitrogens with one attached hydrogen (secondary N) is 2. The monoisotopic (exact) mass is 443 g/mol. The third-order valence-electron chi connectivity index (χ3n) is 3.91. The number of carbonyl (C=O) groups is 1. The van der Waals surface area contributed by atoms with Gasteiger partial charge in [-0.15, -0.1) is 11.3 Å². The minimum atomic E-state index is -0.715. The molecular formula is C19H17N5O6S. The summed E-state index contributed by atoms with van der Waals surface area (Å²) in [6.07, 6.45) is 1.20. The fourth-order valence-corrected chi connectivity index (χ4v) is 3.32. The largest absolute Gasteiger partial charge is 0.493 e. The summed E-state index contributed by atoms with van der Waals surface area (Å²) in [5.74, 6) is -0.557. The van der Waals surface area contributed by atoms with Crippen molar-refractivity contribution in [3.63, 3.8) is 0 Å². The Balaban J connectivity index is 1.82. The molecule has 2 N–H and O–H groups in total. The molecule has 11 nitrogen and oxygen atoms in total. The molecule has 0 aliphatic carbocycles. The highest BCUT2D eigenvalue weighted by Crippen LogP contribution is 2.37. The molecule has 0 saturated carbocycles. The number of ether oxygens (including phenoxy) is 2. The molecule has 160 valence electrons. The molecule has 0 aliphatic heterocycles. The van der Waals surface area contributed by atoms with Crippen molar-refractivity contribution in [3.05, 3.63) is 67.6 Å². The third-order valence-corrected chi connectivity index (χ3v) is 4.81. The van der Waals surface area contributed by atoms with E-state index in [1.54, 1.807) is 13.0 Å². The summed E-state index contributed by atoms with van der Waals surface area (Å²) >= 11 is 1.40. The van der Waals surface area contributed by atoms with Gasteiger partial charge in [0.25, 0.3) is 5.91 Å². The summed E-state index contributed by atoms with van der Waals surface area (Å²) in [6.45, 7) is 1.91. The SMILES string of the molecule is CCOc1c(OC)cc(/C=N/NC(=O)c2cc(-c3cccs3)[nH]c(=O)n2)cc1[N+](=O)[O-]. The smallest absolute Gasteiger partial charge is 0.346 e. The number of hydrazone groups is 1. The van der Waals surface area contributed by atoms with Crippen LogP contribution in [0.2, 0.25) is 0 Å². The molecule has 2 aromatic heterocycles. The van der Waals surface area contributed by atoms with E-state index in [1.807, 2.05) is 11.4 Å². The number of amides is 1. The van der Waals surface area contributed by atoms with Crippen LogP contribution in [0.4, 0.5) is 5.69 Å². The molecule has 0 atom stereocenters. The van der Waals surface area contributed by atoms with Crippen molar-refractivity contribution in [2.45, 2.75) is 6.92 Å². The summed E-state index contributed by atoms with van der Waals surface area (Å²) in [7, 11) is 1.36. The molecule has 3 aromatic rings. The predicted octanol–water partition coefficient (Wildman–Crippen LogP) is 2.58. The lowest BCUT2D eigenvalue weighted by Crippen LogP contribution is -2.24. The van der Waals surface area contributed by atoms with Gasteiger partial charge in [0.05, 0.1) is 35.4 Å². The number of nitro groups is 1. The quantitative estimate of drug-likeness (QED) is 0.309. The lowest BCUT2D eigenvalue weighted by molar-refractivity contribution is -0.385. The Morgan fingerprint density at radius 2 is 2.23 bits per heavy atom. The van der Waals surface area contributed by atoms with Crippen molar-refractivity contribution in [3.8, 4) is 22.1 Å². The number of hydrogen-bond acceptors (Lipinski definition) is 9. The van der Waals surface area contributed by atoms with Gasteiger partial charge in [-0.3, -0.25) is 14.9 Å². The lowest BCUT2D eigenvalue weighted by Gasteiger charge is -2.10. The van der Waals surface area contributed by atoms with E-state index in [9.17, 15) is 19.7 Å². The maximum atomic E-state index is 12.4. The Labute approximate surface area is 179 Å². The molecule has 0 radical (unpaired) electrons. The zero-order chi connectivity index (χ0) is 22.4. The van der Waals surface area contributed by atoms with Crippen LogP contribution in [0.5, 0.6) is 11.5 Å². The van der Waals surface area contributed by atoms with E-state index >= 15 is 0 Å². The molecule has 0 bridgehead atoms. The highest BCUT2D eigenvalue weighted by Gasteiger charge is 2.21. The molecule has 2 heterocycles. The molecule has 1 amide bonds. The van der Waals surface area contributed by atoms with Crippen molar-refractivity contribution >= 4 is 29.1 Å². The van der Waals surface area contributed by atoms with Gasteiger partial charge in [-0.05, 0) is 30.5 Å². The maximum Gasteiger partial charge on any atom is 0.346 e. The fraction of sp³-hybridized carbons (Fsp3) is 0.158. The average Bonchev–Trinajstić information content (AvgIpc) is 3.29. The number of H-pyrrole nitrogens is 1. The van der Waals surface area contributed by atoms with E-state index in [4.69, 9.17) is 9.47 Å². The average molecular weight is 443 g/mol. The summed E-state index contributed by atoms with van der Waals surface area (Å²) in [6, 6.07) is 7.76. The van der Waals surface area contributed by atoms with E-state index in [2.05, 4.69) is 20.5 Å². The van der Waals surface area contributed by atoms with E-state index in [1.165, 1.54) is 42.9 Å². The molecule has 31 heavy (non-hydrogen) atoms. The van der Waals surface area contributed by atoms with Crippen molar-refractivity contribution in [1.82, 2.24) is 15.4 Å². The molecule has 12 heteroatoms. The Hall–Kier alpha value is -4.06. The molecular weight excluding hydrogens is 426 g/mol. The Morgan fingerprint density at radius 3 is 2.87 bits per heavy atom. The maximum absolute atomic E-state index is 12.4. The molecule has 0 aliphatic rings. The van der Waals surface area contributed by atoms with E-state index < -0.39 is 16.5 Å². The molecule has 0 unspecified atom stereocenters. The van der Waals surface area contributed by atoms with Gasteiger partial charge in [0.15, 0.2) is 5.75 Å². The number of benzene rings is 1. The number of nitro benzene ring substituents is 1. The first kappa shape index (κ1) is 21.6. The number of carbonyl (C=O) groups excluding carboxylic acids is 1.